The average molecular weight is 329 g/mol. The van der Waals surface area contributed by atoms with E-state index < -0.39 is 21.1 Å². The summed E-state index contributed by atoms with van der Waals surface area (Å²) in [6.45, 7) is 3.00. The first-order chi connectivity index (χ1) is 9.33. The van der Waals surface area contributed by atoms with E-state index in [-0.39, 0.29) is 34.8 Å². The van der Waals surface area contributed by atoms with Crippen LogP contribution in [0, 0.1) is 6.92 Å². The van der Waals surface area contributed by atoms with Crippen LogP contribution < -0.4 is 0 Å². The fourth-order valence-electron chi connectivity index (χ4n) is 2.01. The molecule has 2 rings (SSSR count). The predicted molar refractivity (Wildman–Crippen MR) is 70.4 cm³/mol. The summed E-state index contributed by atoms with van der Waals surface area (Å²) in [5.74, 6) is -0.861. The molecule has 0 fully saturated rings. The van der Waals surface area contributed by atoms with Crippen molar-refractivity contribution in [3.63, 3.8) is 0 Å². The number of hydrogen-bond donors (Lipinski definition) is 1. The van der Waals surface area contributed by atoms with E-state index >= 15 is 0 Å². The minimum Gasteiger partial charge on any atom is -0.462 e. The van der Waals surface area contributed by atoms with Crippen molar-refractivity contribution < 1.29 is 29.0 Å². The van der Waals surface area contributed by atoms with Crippen LogP contribution in [-0.4, -0.2) is 17.6 Å². The zero-order valence-electron chi connectivity index (χ0n) is 11.1. The molecule has 0 spiro atoms. The van der Waals surface area contributed by atoms with Crippen molar-refractivity contribution in [2.45, 2.75) is 18.7 Å². The second-order valence-corrected chi connectivity index (χ2v) is 6.93. The fourth-order valence-corrected chi connectivity index (χ4v) is 2.68. The van der Waals surface area contributed by atoms with Gasteiger partial charge in [-0.2, -0.15) is 0 Å². The quantitative estimate of drug-likeness (QED) is 0.612. The van der Waals surface area contributed by atoms with Gasteiger partial charge in [0.05, 0.1) is 12.2 Å². The van der Waals surface area contributed by atoms with Crippen molar-refractivity contribution in [1.29, 1.82) is 0 Å². The molecule has 21 heavy (non-hydrogen) atoms. The van der Waals surface area contributed by atoms with E-state index in [1.165, 1.54) is 13.8 Å². The van der Waals surface area contributed by atoms with Crippen molar-refractivity contribution >= 4 is 27.1 Å². The van der Waals surface area contributed by atoms with Crippen molar-refractivity contribution in [2.75, 3.05) is 6.61 Å². The summed E-state index contributed by atoms with van der Waals surface area (Å²) in [6, 6.07) is 1.46. The lowest BCUT2D eigenvalue weighted by Gasteiger charge is -2.40. The molecule has 0 aliphatic heterocycles. The maximum Gasteiger partial charge on any atom is 0.340 e. The average Bonchev–Trinajstić information content (AvgIpc) is 2.61. The van der Waals surface area contributed by atoms with Crippen LogP contribution in [0.5, 0.6) is 0 Å². The maximum atomic E-state index is 12.8. The minimum atomic E-state index is -9.79. The molecule has 1 N–H and O–H groups in total. The van der Waals surface area contributed by atoms with Crippen LogP contribution in [0.15, 0.2) is 23.1 Å². The molecular formula is C12H12F5NO2S. The van der Waals surface area contributed by atoms with Gasteiger partial charge >= 0.3 is 16.2 Å². The third-order valence-corrected chi connectivity index (χ3v) is 4.03. The van der Waals surface area contributed by atoms with Gasteiger partial charge in [0.1, 0.15) is 4.90 Å². The third kappa shape index (κ3) is 2.97. The van der Waals surface area contributed by atoms with Gasteiger partial charge in [0.2, 0.25) is 0 Å². The van der Waals surface area contributed by atoms with E-state index in [1.54, 1.807) is 0 Å². The van der Waals surface area contributed by atoms with Crippen LogP contribution in [-0.2, 0) is 4.74 Å². The molecule has 1 aromatic heterocycles. The zero-order valence-corrected chi connectivity index (χ0v) is 11.9. The van der Waals surface area contributed by atoms with Crippen molar-refractivity contribution in [1.82, 2.24) is 4.98 Å². The molecule has 3 nitrogen and oxygen atoms in total. The lowest BCUT2D eigenvalue weighted by atomic mass is 10.1. The monoisotopic (exact) mass is 329 g/mol. The van der Waals surface area contributed by atoms with E-state index in [4.69, 9.17) is 4.74 Å². The molecule has 0 atom stereocenters. The Kier molecular flexibility index (Phi) is 2.90. The number of rotatable bonds is 3. The highest BCUT2D eigenvalue weighted by Gasteiger charge is 2.65. The van der Waals surface area contributed by atoms with Gasteiger partial charge in [-0.1, -0.05) is 19.4 Å². The lowest BCUT2D eigenvalue weighted by Crippen LogP contribution is -2.07. The minimum absolute atomic E-state index is 0.0200. The highest BCUT2D eigenvalue weighted by Crippen LogP contribution is 3.02. The molecular weight excluding hydrogens is 317 g/mol. The number of aryl methyl sites for hydroxylation is 1. The number of aromatic amines is 1. The number of carbonyl (C=O) groups excluding carboxylic acids is 1. The van der Waals surface area contributed by atoms with Crippen molar-refractivity contribution in [2.24, 2.45) is 0 Å². The Morgan fingerprint density at radius 1 is 1.24 bits per heavy atom. The van der Waals surface area contributed by atoms with Crippen LogP contribution in [0.4, 0.5) is 19.4 Å². The molecule has 118 valence electrons. The van der Waals surface area contributed by atoms with Crippen LogP contribution in [0.25, 0.3) is 10.9 Å². The maximum absolute atomic E-state index is 12.8. The van der Waals surface area contributed by atoms with E-state index in [1.807, 2.05) is 0 Å². The summed E-state index contributed by atoms with van der Waals surface area (Å²) >= 11 is 0. The molecule has 0 saturated carbocycles. The van der Waals surface area contributed by atoms with Gasteiger partial charge in [-0.3, -0.25) is 0 Å². The topological polar surface area (TPSA) is 42.1 Å². The van der Waals surface area contributed by atoms with E-state index in [9.17, 15) is 24.2 Å². The summed E-state index contributed by atoms with van der Waals surface area (Å²) in [4.78, 5) is 12.4. The molecule has 1 heterocycles. The van der Waals surface area contributed by atoms with Crippen molar-refractivity contribution in [3.8, 4) is 0 Å². The first-order valence-electron chi connectivity index (χ1n) is 5.87. The van der Waals surface area contributed by atoms with Crippen LogP contribution in [0.3, 0.4) is 0 Å². The highest BCUT2D eigenvalue weighted by molar-refractivity contribution is 8.45. The fraction of sp³-hybridized carbons (Fsp3) is 0.250. The predicted octanol–water partition coefficient (Wildman–Crippen LogP) is 5.31. The molecule has 0 saturated heterocycles. The summed E-state index contributed by atoms with van der Waals surface area (Å²) in [5.41, 5.74) is 0.236. The molecule has 0 aliphatic rings. The second kappa shape index (κ2) is 3.90. The SMILES string of the molecule is CCOC(=O)c1c(C)[nH]c2ccc(S(F)(F)(F)(F)F)cc12. The van der Waals surface area contributed by atoms with Gasteiger partial charge in [-0.05, 0) is 32.0 Å². The van der Waals surface area contributed by atoms with Gasteiger partial charge in [0.15, 0.2) is 0 Å². The molecule has 0 bridgehead atoms. The normalized spacial score (nSPS) is 15.6. The number of hydrogen-bond acceptors (Lipinski definition) is 2. The number of nitrogens with one attached hydrogen (secondary N) is 1. The number of carbonyl (C=O) groups is 1. The molecule has 0 amide bonds. The Morgan fingerprint density at radius 2 is 1.86 bits per heavy atom. The molecule has 0 unspecified atom stereocenters. The molecule has 2 aromatic rings. The van der Waals surface area contributed by atoms with Crippen LogP contribution >= 0.6 is 10.2 Å². The third-order valence-electron chi connectivity index (χ3n) is 2.88. The molecule has 0 radical (unpaired) electrons. The van der Waals surface area contributed by atoms with Gasteiger partial charge < -0.3 is 9.72 Å². The standard InChI is InChI=1S/C12H12F5NO2S/c1-3-20-12(19)11-7(2)18-10-5-4-8(6-9(10)11)21(13,14,15,16)17/h4-6,18H,3H2,1-2H3. The van der Waals surface area contributed by atoms with Crippen molar-refractivity contribution in [3.05, 3.63) is 29.5 Å². The van der Waals surface area contributed by atoms with E-state index in [0.717, 1.165) is 6.07 Å². The first kappa shape index (κ1) is 15.6. The number of H-pyrrole nitrogens is 1. The Labute approximate surface area is 116 Å². The van der Waals surface area contributed by atoms with E-state index in [2.05, 4.69) is 4.98 Å². The number of ether oxygens (including phenoxy) is 1. The van der Waals surface area contributed by atoms with Crippen LogP contribution in [0.1, 0.15) is 23.0 Å². The number of fused-ring (bicyclic) bond motifs is 1. The molecule has 1 aromatic carbocycles. The largest absolute Gasteiger partial charge is 0.462 e. The van der Waals surface area contributed by atoms with Gasteiger partial charge in [-0.25, -0.2) is 4.79 Å². The number of aromatic nitrogens is 1. The van der Waals surface area contributed by atoms with Crippen LogP contribution in [0.2, 0.25) is 0 Å². The Hall–Kier alpha value is -1.77. The molecule has 0 aliphatic carbocycles. The summed E-state index contributed by atoms with van der Waals surface area (Å²) < 4.78 is 68.9. The van der Waals surface area contributed by atoms with E-state index in [0.29, 0.717) is 6.07 Å². The Morgan fingerprint density at radius 3 is 2.38 bits per heavy atom. The number of esters is 1. The van der Waals surface area contributed by atoms with Gasteiger partial charge in [0.25, 0.3) is 0 Å². The smallest absolute Gasteiger partial charge is 0.340 e. The second-order valence-electron chi connectivity index (χ2n) is 4.52. The number of benzene rings is 1. The van der Waals surface area contributed by atoms with Gasteiger partial charge in [0, 0.05) is 16.6 Å². The Balaban J connectivity index is 2.74. The number of halogens is 5. The highest BCUT2D eigenvalue weighted by atomic mass is 32.5. The first-order valence-corrected chi connectivity index (χ1v) is 7.82. The summed E-state index contributed by atoms with van der Waals surface area (Å²) in [6.07, 6.45) is 0. The summed E-state index contributed by atoms with van der Waals surface area (Å²) in [7, 11) is -9.79. The Bertz CT molecular complexity index is 736. The molecule has 9 heteroatoms. The van der Waals surface area contributed by atoms with Gasteiger partial charge in [-0.15, -0.1) is 0 Å². The summed E-state index contributed by atoms with van der Waals surface area (Å²) in [5, 5.41) is -0.239. The zero-order chi connectivity index (χ0) is 16.1. The lowest BCUT2D eigenvalue weighted by molar-refractivity contribution is 0.0528.